The summed E-state index contributed by atoms with van der Waals surface area (Å²) in [6.07, 6.45) is 0.410. The topological polar surface area (TPSA) is 58.6 Å². The highest BCUT2D eigenvalue weighted by molar-refractivity contribution is 9.10. The third-order valence-electron chi connectivity index (χ3n) is 6.11. The van der Waals surface area contributed by atoms with Crippen LogP contribution in [-0.2, 0) is 22.6 Å². The lowest BCUT2D eigenvalue weighted by Gasteiger charge is -2.31. The van der Waals surface area contributed by atoms with Crippen LogP contribution in [0.4, 0.5) is 0 Å². The highest BCUT2D eigenvalue weighted by Gasteiger charge is 2.30. The van der Waals surface area contributed by atoms with Crippen LogP contribution < -0.4 is 10.1 Å². The molecular formula is C31H37BrN2O3. The minimum atomic E-state index is -0.681. The molecule has 0 aromatic heterocycles. The van der Waals surface area contributed by atoms with Gasteiger partial charge in [-0.1, -0.05) is 98.2 Å². The number of benzene rings is 3. The van der Waals surface area contributed by atoms with Gasteiger partial charge in [0.15, 0.2) is 6.61 Å². The summed E-state index contributed by atoms with van der Waals surface area (Å²) in [5.41, 5.74) is 3.13. The Morgan fingerprint density at radius 2 is 1.57 bits per heavy atom. The molecule has 3 rings (SSSR count). The van der Waals surface area contributed by atoms with Crippen molar-refractivity contribution in [3.8, 4) is 5.75 Å². The van der Waals surface area contributed by atoms with Crippen molar-refractivity contribution in [2.45, 2.75) is 52.6 Å². The molecule has 0 fully saturated rings. The van der Waals surface area contributed by atoms with Crippen LogP contribution in [0.5, 0.6) is 5.75 Å². The van der Waals surface area contributed by atoms with Crippen LogP contribution in [0.3, 0.4) is 0 Å². The van der Waals surface area contributed by atoms with Crippen molar-refractivity contribution in [3.63, 3.8) is 0 Å². The van der Waals surface area contributed by atoms with Crippen molar-refractivity contribution in [2.24, 2.45) is 5.92 Å². The Kier molecular flexibility index (Phi) is 10.8. The predicted octanol–water partition coefficient (Wildman–Crippen LogP) is 6.36. The van der Waals surface area contributed by atoms with E-state index in [1.807, 2.05) is 78.9 Å². The van der Waals surface area contributed by atoms with E-state index in [0.717, 1.165) is 15.6 Å². The van der Waals surface area contributed by atoms with Gasteiger partial charge < -0.3 is 15.0 Å². The van der Waals surface area contributed by atoms with E-state index in [9.17, 15) is 9.59 Å². The molecule has 2 amide bonds. The molecule has 0 radical (unpaired) electrons. The SMILES string of the molecule is CC(C)CNC(=O)[C@H](Cc1ccccc1)N(Cc1cccc(Br)c1)C(=O)COc1ccc(C(C)C)cc1. The van der Waals surface area contributed by atoms with E-state index in [1.165, 1.54) is 5.56 Å². The van der Waals surface area contributed by atoms with Crippen LogP contribution in [0.25, 0.3) is 0 Å². The van der Waals surface area contributed by atoms with Crippen LogP contribution in [0.1, 0.15) is 50.3 Å². The lowest BCUT2D eigenvalue weighted by atomic mass is 10.0. The number of nitrogens with one attached hydrogen (secondary N) is 1. The lowest BCUT2D eigenvalue weighted by molar-refractivity contribution is -0.142. The van der Waals surface area contributed by atoms with Gasteiger partial charge in [0.1, 0.15) is 11.8 Å². The normalized spacial score (nSPS) is 11.9. The third-order valence-corrected chi connectivity index (χ3v) is 6.60. The summed E-state index contributed by atoms with van der Waals surface area (Å²) in [6.45, 7) is 9.05. The Labute approximate surface area is 229 Å². The molecule has 3 aromatic carbocycles. The highest BCUT2D eigenvalue weighted by atomic mass is 79.9. The Bertz CT molecular complexity index is 1150. The van der Waals surface area contributed by atoms with Gasteiger partial charge in [-0.05, 0) is 52.8 Å². The first kappa shape index (κ1) is 28.5. The Morgan fingerprint density at radius 3 is 2.19 bits per heavy atom. The maximum absolute atomic E-state index is 13.7. The number of rotatable bonds is 12. The summed E-state index contributed by atoms with van der Waals surface area (Å²) in [7, 11) is 0. The maximum Gasteiger partial charge on any atom is 0.261 e. The molecule has 0 spiro atoms. The van der Waals surface area contributed by atoms with Gasteiger partial charge >= 0.3 is 0 Å². The summed E-state index contributed by atoms with van der Waals surface area (Å²) in [5.74, 6) is 0.937. The quantitative estimate of drug-likeness (QED) is 0.278. The first-order valence-electron chi connectivity index (χ1n) is 12.8. The molecule has 1 atom stereocenters. The van der Waals surface area contributed by atoms with Gasteiger partial charge in [-0.2, -0.15) is 0 Å². The second-order valence-corrected chi connectivity index (χ2v) is 10.9. The Hall–Kier alpha value is -3.12. The van der Waals surface area contributed by atoms with Gasteiger partial charge in [0.25, 0.3) is 5.91 Å². The number of hydrogen-bond donors (Lipinski definition) is 1. The fraction of sp³-hybridized carbons (Fsp3) is 0.355. The van der Waals surface area contributed by atoms with E-state index >= 15 is 0 Å². The molecule has 0 aliphatic rings. The summed E-state index contributed by atoms with van der Waals surface area (Å²) in [4.78, 5) is 28.8. The molecule has 0 unspecified atom stereocenters. The molecule has 196 valence electrons. The van der Waals surface area contributed by atoms with Gasteiger partial charge in [-0.15, -0.1) is 0 Å². The van der Waals surface area contributed by atoms with E-state index in [1.54, 1.807) is 4.90 Å². The number of nitrogens with zero attached hydrogens (tertiary/aromatic N) is 1. The van der Waals surface area contributed by atoms with Crippen LogP contribution in [0.2, 0.25) is 0 Å². The smallest absolute Gasteiger partial charge is 0.261 e. The van der Waals surface area contributed by atoms with E-state index < -0.39 is 6.04 Å². The number of halogens is 1. The number of carbonyl (C=O) groups excluding carboxylic acids is 2. The van der Waals surface area contributed by atoms with E-state index in [0.29, 0.717) is 37.1 Å². The summed E-state index contributed by atoms with van der Waals surface area (Å²) in [5, 5.41) is 3.04. The fourth-order valence-electron chi connectivity index (χ4n) is 3.99. The van der Waals surface area contributed by atoms with Crippen molar-refractivity contribution in [3.05, 3.63) is 100 Å². The molecule has 1 N–H and O–H groups in total. The summed E-state index contributed by atoms with van der Waals surface area (Å²) < 4.78 is 6.81. The lowest BCUT2D eigenvalue weighted by Crippen LogP contribution is -2.52. The first-order valence-corrected chi connectivity index (χ1v) is 13.6. The molecular weight excluding hydrogens is 528 g/mol. The second kappa shape index (κ2) is 14.0. The zero-order valence-electron chi connectivity index (χ0n) is 22.1. The van der Waals surface area contributed by atoms with Crippen LogP contribution in [-0.4, -0.2) is 35.9 Å². The van der Waals surface area contributed by atoms with Gasteiger partial charge in [0, 0.05) is 24.0 Å². The zero-order chi connectivity index (χ0) is 26.8. The molecule has 0 saturated heterocycles. The van der Waals surface area contributed by atoms with E-state index in [4.69, 9.17) is 4.74 Å². The summed E-state index contributed by atoms with van der Waals surface area (Å²) >= 11 is 3.52. The molecule has 37 heavy (non-hydrogen) atoms. The highest BCUT2D eigenvalue weighted by Crippen LogP contribution is 2.20. The predicted molar refractivity (Wildman–Crippen MR) is 152 cm³/mol. The molecule has 0 heterocycles. The number of carbonyl (C=O) groups is 2. The summed E-state index contributed by atoms with van der Waals surface area (Å²) in [6, 6.07) is 24.7. The Morgan fingerprint density at radius 1 is 0.892 bits per heavy atom. The van der Waals surface area contributed by atoms with Crippen molar-refractivity contribution >= 4 is 27.7 Å². The van der Waals surface area contributed by atoms with Crippen molar-refractivity contribution < 1.29 is 14.3 Å². The van der Waals surface area contributed by atoms with Gasteiger partial charge in [0.2, 0.25) is 5.91 Å². The van der Waals surface area contributed by atoms with Gasteiger partial charge in [-0.25, -0.2) is 0 Å². The average molecular weight is 566 g/mol. The fourth-order valence-corrected chi connectivity index (χ4v) is 4.43. The van der Waals surface area contributed by atoms with E-state index in [2.05, 4.69) is 48.9 Å². The minimum absolute atomic E-state index is 0.155. The second-order valence-electron chi connectivity index (χ2n) is 10.0. The third kappa shape index (κ3) is 9.04. The number of ether oxygens (including phenoxy) is 1. The largest absolute Gasteiger partial charge is 0.484 e. The van der Waals surface area contributed by atoms with Gasteiger partial charge in [-0.3, -0.25) is 9.59 Å². The number of hydrogen-bond acceptors (Lipinski definition) is 3. The monoisotopic (exact) mass is 564 g/mol. The molecule has 6 heteroatoms. The maximum atomic E-state index is 13.7. The molecule has 0 saturated carbocycles. The first-order chi connectivity index (χ1) is 17.7. The standard InChI is InChI=1S/C31H37BrN2O3/c1-22(2)19-33-31(36)29(18-24-9-6-5-7-10-24)34(20-25-11-8-12-27(32)17-25)30(35)21-37-28-15-13-26(14-16-28)23(3)4/h5-17,22-23,29H,18-21H2,1-4H3,(H,33,36)/t29-/m0/s1. The molecule has 3 aromatic rings. The van der Waals surface area contributed by atoms with Crippen LogP contribution >= 0.6 is 15.9 Å². The molecule has 5 nitrogen and oxygen atoms in total. The number of amides is 2. The minimum Gasteiger partial charge on any atom is -0.484 e. The van der Waals surface area contributed by atoms with Crippen molar-refractivity contribution in [1.29, 1.82) is 0 Å². The zero-order valence-corrected chi connectivity index (χ0v) is 23.7. The molecule has 0 aliphatic carbocycles. The van der Waals surface area contributed by atoms with Crippen LogP contribution in [0.15, 0.2) is 83.3 Å². The van der Waals surface area contributed by atoms with Crippen molar-refractivity contribution in [1.82, 2.24) is 10.2 Å². The Balaban J connectivity index is 1.87. The van der Waals surface area contributed by atoms with Gasteiger partial charge in [0.05, 0.1) is 0 Å². The molecule has 0 bridgehead atoms. The average Bonchev–Trinajstić information content (AvgIpc) is 2.88. The van der Waals surface area contributed by atoms with Crippen LogP contribution in [0, 0.1) is 5.92 Å². The molecule has 0 aliphatic heterocycles. The van der Waals surface area contributed by atoms with E-state index in [-0.39, 0.29) is 18.4 Å². The van der Waals surface area contributed by atoms with Crippen molar-refractivity contribution in [2.75, 3.05) is 13.2 Å².